The van der Waals surface area contributed by atoms with Crippen LogP contribution in [0.5, 0.6) is 5.75 Å². The molecule has 1 aliphatic rings. The fourth-order valence-electron chi connectivity index (χ4n) is 2.70. The first-order valence-corrected chi connectivity index (χ1v) is 8.71. The number of methoxy groups -OCH3 is 1. The normalized spacial score (nSPS) is 20.1. The molecular weight excluding hydrogens is 336 g/mol. The molecule has 3 heterocycles. The van der Waals surface area contributed by atoms with Crippen LogP contribution in [0, 0.1) is 0 Å². The number of ether oxygens (including phenoxy) is 1. The molecule has 5 nitrogen and oxygen atoms in total. The first kappa shape index (κ1) is 15.8. The number of aliphatic imine (C=N–C) groups is 2. The van der Waals surface area contributed by atoms with E-state index in [9.17, 15) is 0 Å². The Morgan fingerprint density at radius 2 is 1.80 bits per heavy atom. The van der Waals surface area contributed by atoms with Crippen LogP contribution in [0.3, 0.4) is 0 Å². The van der Waals surface area contributed by atoms with Crippen molar-refractivity contribution < 1.29 is 13.6 Å². The maximum atomic E-state index is 5.59. The highest BCUT2D eigenvalue weighted by Gasteiger charge is 2.36. The van der Waals surface area contributed by atoms with E-state index in [2.05, 4.69) is 4.99 Å². The summed E-state index contributed by atoms with van der Waals surface area (Å²) in [4.78, 5) is 9.27. The number of thioether (sulfide) groups is 1. The van der Waals surface area contributed by atoms with Crippen LogP contribution < -0.4 is 4.74 Å². The Hall–Kier alpha value is -2.73. The van der Waals surface area contributed by atoms with Crippen LogP contribution >= 0.6 is 11.8 Å². The zero-order chi connectivity index (χ0) is 17.1. The molecule has 4 rings (SSSR count). The third-order valence-corrected chi connectivity index (χ3v) is 5.05. The molecule has 3 aromatic rings. The van der Waals surface area contributed by atoms with E-state index in [0.717, 1.165) is 22.8 Å². The lowest BCUT2D eigenvalue weighted by Crippen LogP contribution is -1.99. The maximum Gasteiger partial charge on any atom is 0.184 e. The topological polar surface area (TPSA) is 60.2 Å². The number of hydrogen-bond acceptors (Lipinski definition) is 6. The number of hydrogen-bond donors (Lipinski definition) is 0. The third-order valence-electron chi connectivity index (χ3n) is 3.88. The molecular formula is C19H16N2O3S. The zero-order valence-corrected chi connectivity index (χ0v) is 14.3. The van der Waals surface area contributed by atoms with Crippen LogP contribution in [0.2, 0.25) is 0 Å². The van der Waals surface area contributed by atoms with Crippen molar-refractivity contribution in [3.8, 4) is 5.75 Å². The molecule has 0 N–H and O–H groups in total. The second kappa shape index (κ2) is 7.03. The van der Waals surface area contributed by atoms with Crippen molar-refractivity contribution in [3.63, 3.8) is 0 Å². The third kappa shape index (κ3) is 3.25. The molecule has 1 aromatic carbocycles. The van der Waals surface area contributed by atoms with E-state index in [1.807, 2.05) is 48.5 Å². The first-order valence-electron chi connectivity index (χ1n) is 7.83. The van der Waals surface area contributed by atoms with Crippen LogP contribution in [-0.4, -0.2) is 18.5 Å². The summed E-state index contributed by atoms with van der Waals surface area (Å²) in [5.74, 6) is 2.44. The number of rotatable bonds is 4. The first-order chi connectivity index (χ1) is 12.3. The van der Waals surface area contributed by atoms with Crippen LogP contribution in [0.4, 0.5) is 0 Å². The van der Waals surface area contributed by atoms with Crippen LogP contribution in [0.15, 0.2) is 79.9 Å². The average Bonchev–Trinajstić information content (AvgIpc) is 3.40. The quantitative estimate of drug-likeness (QED) is 0.628. The standard InChI is InChI=1S/C19H16N2O3S/c1-22-14-7-3-2-6-13(14)12-20-19-21-17(15-8-4-10-23-15)18(25-19)16-9-5-11-24-16/h2-12,17-18H,1H3/t17-,18-/m0/s1. The summed E-state index contributed by atoms with van der Waals surface area (Å²) >= 11 is 1.56. The van der Waals surface area contributed by atoms with Gasteiger partial charge in [0.15, 0.2) is 5.17 Å². The van der Waals surface area contributed by atoms with Gasteiger partial charge in [0.1, 0.15) is 28.6 Å². The minimum atomic E-state index is -0.157. The van der Waals surface area contributed by atoms with Crippen molar-refractivity contribution >= 4 is 23.1 Å². The average molecular weight is 352 g/mol. The van der Waals surface area contributed by atoms with Gasteiger partial charge in [0, 0.05) is 11.8 Å². The van der Waals surface area contributed by atoms with Gasteiger partial charge in [-0.2, -0.15) is 0 Å². The molecule has 0 aliphatic carbocycles. The molecule has 0 unspecified atom stereocenters. The molecule has 0 bridgehead atoms. The highest BCUT2D eigenvalue weighted by molar-refractivity contribution is 8.14. The van der Waals surface area contributed by atoms with Gasteiger partial charge in [0.25, 0.3) is 0 Å². The molecule has 0 spiro atoms. The summed E-state index contributed by atoms with van der Waals surface area (Å²) < 4.78 is 16.5. The van der Waals surface area contributed by atoms with Gasteiger partial charge in [-0.25, -0.2) is 9.98 Å². The molecule has 0 saturated carbocycles. The SMILES string of the molecule is COc1ccccc1C=NC1=N[C@@H](c2ccco2)[C@H](c2ccco2)S1. The van der Waals surface area contributed by atoms with Crippen molar-refractivity contribution in [2.24, 2.45) is 9.98 Å². The van der Waals surface area contributed by atoms with Crippen LogP contribution in [0.25, 0.3) is 0 Å². The Kier molecular flexibility index (Phi) is 4.43. The van der Waals surface area contributed by atoms with Crippen molar-refractivity contribution in [3.05, 3.63) is 78.1 Å². The van der Waals surface area contributed by atoms with Crippen molar-refractivity contribution in [2.75, 3.05) is 7.11 Å². The van der Waals surface area contributed by atoms with Gasteiger partial charge in [0.05, 0.1) is 19.6 Å². The Labute approximate surface area is 149 Å². The highest BCUT2D eigenvalue weighted by atomic mass is 32.2. The summed E-state index contributed by atoms with van der Waals surface area (Å²) in [6, 6.07) is 15.2. The van der Waals surface area contributed by atoms with Gasteiger partial charge in [-0.15, -0.1) is 0 Å². The summed E-state index contributed by atoms with van der Waals surface area (Å²) in [7, 11) is 1.65. The summed E-state index contributed by atoms with van der Waals surface area (Å²) in [5, 5.41) is 0.694. The summed E-state index contributed by atoms with van der Waals surface area (Å²) in [6.45, 7) is 0. The molecule has 0 radical (unpaired) electrons. The fraction of sp³-hybridized carbons (Fsp3) is 0.158. The van der Waals surface area contributed by atoms with Crippen molar-refractivity contribution in [1.29, 1.82) is 0 Å². The molecule has 2 aromatic heterocycles. The largest absolute Gasteiger partial charge is 0.496 e. The van der Waals surface area contributed by atoms with Gasteiger partial charge in [-0.1, -0.05) is 23.9 Å². The van der Waals surface area contributed by atoms with E-state index in [1.165, 1.54) is 0 Å². The predicted octanol–water partition coefficient (Wildman–Crippen LogP) is 4.89. The molecule has 126 valence electrons. The van der Waals surface area contributed by atoms with E-state index < -0.39 is 0 Å². The van der Waals surface area contributed by atoms with E-state index in [0.29, 0.717) is 5.17 Å². The number of para-hydroxylation sites is 1. The molecule has 6 heteroatoms. The lowest BCUT2D eigenvalue weighted by atomic mass is 10.1. The number of amidine groups is 1. The fourth-order valence-corrected chi connectivity index (χ4v) is 3.79. The molecule has 1 aliphatic heterocycles. The highest BCUT2D eigenvalue weighted by Crippen LogP contribution is 2.48. The molecule has 0 amide bonds. The minimum Gasteiger partial charge on any atom is -0.496 e. The Morgan fingerprint density at radius 3 is 2.52 bits per heavy atom. The van der Waals surface area contributed by atoms with Gasteiger partial charge in [0.2, 0.25) is 0 Å². The molecule has 0 saturated heterocycles. The van der Waals surface area contributed by atoms with Crippen molar-refractivity contribution in [2.45, 2.75) is 11.3 Å². The Morgan fingerprint density at radius 1 is 1.04 bits per heavy atom. The van der Waals surface area contributed by atoms with Crippen LogP contribution in [-0.2, 0) is 0 Å². The van der Waals surface area contributed by atoms with E-state index in [1.54, 1.807) is 37.6 Å². The van der Waals surface area contributed by atoms with Crippen molar-refractivity contribution in [1.82, 2.24) is 0 Å². The lowest BCUT2D eigenvalue weighted by molar-refractivity contribution is 0.414. The Bertz CT molecular complexity index is 885. The second-order valence-corrected chi connectivity index (χ2v) is 6.53. The summed E-state index contributed by atoms with van der Waals surface area (Å²) in [5.41, 5.74) is 0.907. The number of furan rings is 2. The molecule has 25 heavy (non-hydrogen) atoms. The zero-order valence-electron chi connectivity index (χ0n) is 13.5. The predicted molar refractivity (Wildman–Crippen MR) is 98.5 cm³/mol. The van der Waals surface area contributed by atoms with Gasteiger partial charge in [-0.3, -0.25) is 0 Å². The number of nitrogens with zero attached hydrogens (tertiary/aromatic N) is 2. The Balaban J connectivity index is 1.62. The molecule has 2 atom stereocenters. The van der Waals surface area contributed by atoms with Gasteiger partial charge < -0.3 is 13.6 Å². The van der Waals surface area contributed by atoms with E-state index in [4.69, 9.17) is 18.6 Å². The smallest absolute Gasteiger partial charge is 0.184 e. The van der Waals surface area contributed by atoms with E-state index in [-0.39, 0.29) is 11.3 Å². The van der Waals surface area contributed by atoms with Crippen LogP contribution in [0.1, 0.15) is 28.4 Å². The minimum absolute atomic E-state index is 0.00553. The maximum absolute atomic E-state index is 5.59. The molecule has 0 fully saturated rings. The summed E-state index contributed by atoms with van der Waals surface area (Å²) in [6.07, 6.45) is 5.10. The van der Waals surface area contributed by atoms with Gasteiger partial charge >= 0.3 is 0 Å². The van der Waals surface area contributed by atoms with E-state index >= 15 is 0 Å². The monoisotopic (exact) mass is 352 g/mol. The second-order valence-electron chi connectivity index (χ2n) is 5.43. The number of benzene rings is 1. The van der Waals surface area contributed by atoms with Gasteiger partial charge in [-0.05, 0) is 36.4 Å². The lowest BCUT2D eigenvalue weighted by Gasteiger charge is -2.11.